The molecule has 1 nitrogen and oxygen atoms in total. The number of aryl methyl sites for hydroxylation is 1. The molecule has 6 rings (SSSR count). The molecule has 0 atom stereocenters. The molecular weight excluding hydrogens is 362 g/mol. The Kier molecular flexibility index (Phi) is 3.75. The fourth-order valence-corrected chi connectivity index (χ4v) is 4.71. The summed E-state index contributed by atoms with van der Waals surface area (Å²) in [4.78, 5) is 0. The van der Waals surface area contributed by atoms with Crippen molar-refractivity contribution >= 4 is 32.6 Å². The Morgan fingerprint density at radius 2 is 1.20 bits per heavy atom. The summed E-state index contributed by atoms with van der Waals surface area (Å²) in [6, 6.07) is 39.4. The maximum absolute atomic E-state index is 2.36. The first-order valence-electron chi connectivity index (χ1n) is 10.4. The highest BCUT2D eigenvalue weighted by atomic mass is 15.0. The van der Waals surface area contributed by atoms with Gasteiger partial charge in [0.05, 0.1) is 11.0 Å². The molecule has 0 amide bonds. The van der Waals surface area contributed by atoms with E-state index >= 15 is 0 Å². The minimum absolute atomic E-state index is 1.19. The van der Waals surface area contributed by atoms with Crippen LogP contribution in [-0.2, 0) is 0 Å². The lowest BCUT2D eigenvalue weighted by Gasteiger charge is -2.10. The van der Waals surface area contributed by atoms with E-state index in [1.807, 2.05) is 0 Å². The lowest BCUT2D eigenvalue weighted by Crippen LogP contribution is -1.92. The van der Waals surface area contributed by atoms with E-state index < -0.39 is 0 Å². The van der Waals surface area contributed by atoms with Crippen molar-refractivity contribution in [3.05, 3.63) is 115 Å². The average molecular weight is 383 g/mol. The normalized spacial score (nSPS) is 11.5. The van der Waals surface area contributed by atoms with Crippen LogP contribution >= 0.6 is 0 Å². The highest BCUT2D eigenvalue weighted by Crippen LogP contribution is 2.37. The van der Waals surface area contributed by atoms with Crippen molar-refractivity contribution in [2.75, 3.05) is 0 Å². The number of rotatable bonds is 2. The Morgan fingerprint density at radius 1 is 0.500 bits per heavy atom. The molecule has 0 fully saturated rings. The predicted molar refractivity (Wildman–Crippen MR) is 128 cm³/mol. The smallest absolute Gasteiger partial charge is 0.0541 e. The fourth-order valence-electron chi connectivity index (χ4n) is 4.71. The van der Waals surface area contributed by atoms with Gasteiger partial charge in [-0.3, -0.25) is 0 Å². The Labute approximate surface area is 175 Å². The highest BCUT2D eigenvalue weighted by Gasteiger charge is 2.13. The van der Waals surface area contributed by atoms with Crippen molar-refractivity contribution < 1.29 is 0 Å². The molecular formula is C29H21N. The zero-order valence-electron chi connectivity index (χ0n) is 16.8. The minimum Gasteiger partial charge on any atom is -0.309 e. The van der Waals surface area contributed by atoms with Gasteiger partial charge in [-0.15, -0.1) is 0 Å². The van der Waals surface area contributed by atoms with Crippen LogP contribution in [0.15, 0.2) is 109 Å². The predicted octanol–water partition coefficient (Wildman–Crippen LogP) is 7.91. The van der Waals surface area contributed by atoms with Crippen LogP contribution < -0.4 is 0 Å². The molecule has 30 heavy (non-hydrogen) atoms. The standard InChI is InChI=1S/C29H21N/c1-20-9-7-15-25-23(20)13-8-14-24(25)21-17-18-29-27(19-21)26-12-5-6-16-28(26)30(29)22-10-3-2-4-11-22/h2-19H,1H3. The van der Waals surface area contributed by atoms with Crippen molar-refractivity contribution in [1.29, 1.82) is 0 Å². The fraction of sp³-hybridized carbons (Fsp3) is 0.0345. The first-order valence-corrected chi connectivity index (χ1v) is 10.4. The van der Waals surface area contributed by atoms with Crippen LogP contribution in [0, 0.1) is 6.92 Å². The maximum atomic E-state index is 2.36. The second-order valence-corrected chi connectivity index (χ2v) is 7.90. The highest BCUT2D eigenvalue weighted by molar-refractivity contribution is 6.11. The molecule has 0 spiro atoms. The van der Waals surface area contributed by atoms with Crippen LogP contribution in [0.2, 0.25) is 0 Å². The quantitative estimate of drug-likeness (QED) is 0.286. The SMILES string of the molecule is Cc1cccc2c(-c3ccc4c(c3)c3ccccc3n4-c3ccccc3)cccc12. The molecule has 0 unspecified atom stereocenters. The van der Waals surface area contributed by atoms with E-state index in [0.29, 0.717) is 0 Å². The van der Waals surface area contributed by atoms with Gasteiger partial charge in [0.2, 0.25) is 0 Å². The first-order chi connectivity index (χ1) is 14.8. The molecule has 0 bridgehead atoms. The molecule has 0 aliphatic rings. The van der Waals surface area contributed by atoms with Crippen LogP contribution in [0.4, 0.5) is 0 Å². The van der Waals surface area contributed by atoms with Crippen LogP contribution in [0.3, 0.4) is 0 Å². The van der Waals surface area contributed by atoms with Gasteiger partial charge in [0.1, 0.15) is 0 Å². The number of fused-ring (bicyclic) bond motifs is 4. The van der Waals surface area contributed by atoms with Gasteiger partial charge in [-0.1, -0.05) is 78.9 Å². The van der Waals surface area contributed by atoms with Crippen LogP contribution in [0.1, 0.15) is 5.56 Å². The lowest BCUT2D eigenvalue weighted by molar-refractivity contribution is 1.18. The molecule has 1 heterocycles. The summed E-state index contributed by atoms with van der Waals surface area (Å²) in [6.07, 6.45) is 0. The van der Waals surface area contributed by atoms with E-state index in [4.69, 9.17) is 0 Å². The topological polar surface area (TPSA) is 4.93 Å². The third-order valence-electron chi connectivity index (χ3n) is 6.14. The number of hydrogen-bond acceptors (Lipinski definition) is 0. The number of para-hydroxylation sites is 2. The molecule has 0 radical (unpaired) electrons. The molecule has 142 valence electrons. The lowest BCUT2D eigenvalue weighted by atomic mass is 9.95. The van der Waals surface area contributed by atoms with Crippen molar-refractivity contribution in [2.45, 2.75) is 6.92 Å². The Hall–Kier alpha value is -3.84. The summed E-state index contributed by atoms with van der Waals surface area (Å²) >= 11 is 0. The van der Waals surface area contributed by atoms with Crippen LogP contribution in [0.25, 0.3) is 49.4 Å². The third-order valence-corrected chi connectivity index (χ3v) is 6.14. The summed E-state index contributed by atoms with van der Waals surface area (Å²) in [6.45, 7) is 2.18. The number of nitrogens with zero attached hydrogens (tertiary/aromatic N) is 1. The van der Waals surface area contributed by atoms with E-state index in [2.05, 4.69) is 121 Å². The zero-order valence-corrected chi connectivity index (χ0v) is 16.8. The average Bonchev–Trinajstić information content (AvgIpc) is 3.13. The maximum Gasteiger partial charge on any atom is 0.0541 e. The van der Waals surface area contributed by atoms with Gasteiger partial charge in [0.15, 0.2) is 0 Å². The summed E-state index contributed by atoms with van der Waals surface area (Å²) in [5.74, 6) is 0. The number of benzene rings is 5. The van der Waals surface area contributed by atoms with Gasteiger partial charge in [-0.2, -0.15) is 0 Å². The van der Waals surface area contributed by atoms with Crippen molar-refractivity contribution in [3.8, 4) is 16.8 Å². The van der Waals surface area contributed by atoms with E-state index in [-0.39, 0.29) is 0 Å². The summed E-state index contributed by atoms with van der Waals surface area (Å²) in [5.41, 5.74) is 7.53. The Bertz CT molecular complexity index is 1540. The van der Waals surface area contributed by atoms with Crippen LogP contribution in [-0.4, -0.2) is 4.57 Å². The number of aromatic nitrogens is 1. The second-order valence-electron chi connectivity index (χ2n) is 7.90. The summed E-state index contributed by atoms with van der Waals surface area (Å²) in [7, 11) is 0. The van der Waals surface area contributed by atoms with Gasteiger partial charge in [-0.05, 0) is 64.7 Å². The van der Waals surface area contributed by atoms with E-state index in [1.165, 1.54) is 55.0 Å². The van der Waals surface area contributed by atoms with Gasteiger partial charge in [-0.25, -0.2) is 0 Å². The van der Waals surface area contributed by atoms with E-state index in [9.17, 15) is 0 Å². The Balaban J connectivity index is 1.68. The molecule has 0 N–H and O–H groups in total. The third kappa shape index (κ3) is 2.49. The molecule has 0 aliphatic carbocycles. The van der Waals surface area contributed by atoms with Gasteiger partial charge >= 0.3 is 0 Å². The van der Waals surface area contributed by atoms with Crippen molar-refractivity contribution in [2.24, 2.45) is 0 Å². The van der Waals surface area contributed by atoms with Gasteiger partial charge in [0.25, 0.3) is 0 Å². The molecule has 0 aliphatic heterocycles. The van der Waals surface area contributed by atoms with Crippen LogP contribution in [0.5, 0.6) is 0 Å². The minimum atomic E-state index is 1.19. The summed E-state index contributed by atoms with van der Waals surface area (Å²) < 4.78 is 2.36. The van der Waals surface area contributed by atoms with E-state index in [1.54, 1.807) is 0 Å². The van der Waals surface area contributed by atoms with Gasteiger partial charge in [0, 0.05) is 16.5 Å². The van der Waals surface area contributed by atoms with Gasteiger partial charge < -0.3 is 4.57 Å². The van der Waals surface area contributed by atoms with Crippen molar-refractivity contribution in [1.82, 2.24) is 4.57 Å². The molecule has 1 heteroatoms. The molecule has 5 aromatic carbocycles. The molecule has 0 saturated carbocycles. The molecule has 6 aromatic rings. The monoisotopic (exact) mass is 383 g/mol. The number of hydrogen-bond donors (Lipinski definition) is 0. The Morgan fingerprint density at radius 3 is 2.10 bits per heavy atom. The molecule has 1 aromatic heterocycles. The van der Waals surface area contributed by atoms with Crippen molar-refractivity contribution in [3.63, 3.8) is 0 Å². The largest absolute Gasteiger partial charge is 0.309 e. The first kappa shape index (κ1) is 17.1. The zero-order chi connectivity index (χ0) is 20.1. The molecule has 0 saturated heterocycles. The summed E-state index contributed by atoms with van der Waals surface area (Å²) in [5, 5.41) is 5.21. The second kappa shape index (κ2) is 6.60. The van der Waals surface area contributed by atoms with E-state index in [0.717, 1.165) is 0 Å².